The van der Waals surface area contributed by atoms with Crippen molar-refractivity contribution in [3.05, 3.63) is 44.3 Å². The number of rotatable bonds is 3. The van der Waals surface area contributed by atoms with Crippen LogP contribution in [0.1, 0.15) is 31.5 Å². The highest BCUT2D eigenvalue weighted by molar-refractivity contribution is 7.09. The smallest absolute Gasteiger partial charge is 0.0982 e. The summed E-state index contributed by atoms with van der Waals surface area (Å²) in [6.45, 7) is 7.14. The lowest BCUT2D eigenvalue weighted by Gasteiger charge is -2.13. The van der Waals surface area contributed by atoms with Crippen molar-refractivity contribution in [3.63, 3.8) is 0 Å². The summed E-state index contributed by atoms with van der Waals surface area (Å²) in [7, 11) is 0. The van der Waals surface area contributed by atoms with Gasteiger partial charge < -0.3 is 5.32 Å². The summed E-state index contributed by atoms with van der Waals surface area (Å²) in [5, 5.41) is 7.59. The molecule has 0 radical (unpaired) electrons. The Morgan fingerprint density at radius 3 is 2.63 bits per heavy atom. The van der Waals surface area contributed by atoms with Gasteiger partial charge >= 0.3 is 0 Å². The van der Waals surface area contributed by atoms with Crippen molar-refractivity contribution in [2.24, 2.45) is 0 Å². The lowest BCUT2D eigenvalue weighted by molar-refractivity contribution is 0.583. The zero-order valence-corrected chi connectivity index (χ0v) is 13.5. The summed E-state index contributed by atoms with van der Waals surface area (Å²) in [5.74, 6) is 0. The quantitative estimate of drug-likeness (QED) is 0.825. The molecule has 0 amide bonds. The third-order valence-corrected chi connectivity index (χ3v) is 4.74. The second-order valence-electron chi connectivity index (χ2n) is 5.35. The maximum absolute atomic E-state index is 6.13. The van der Waals surface area contributed by atoms with Crippen LogP contribution in [0.4, 0.5) is 5.69 Å². The Morgan fingerprint density at radius 1 is 1.26 bits per heavy atom. The van der Waals surface area contributed by atoms with Crippen molar-refractivity contribution in [1.82, 2.24) is 4.98 Å². The summed E-state index contributed by atoms with van der Waals surface area (Å²) in [6.07, 6.45) is 0. The Balaban J connectivity index is 2.07. The fourth-order valence-electron chi connectivity index (χ4n) is 1.56. The van der Waals surface area contributed by atoms with E-state index in [1.165, 1.54) is 0 Å². The van der Waals surface area contributed by atoms with Gasteiger partial charge in [0.15, 0.2) is 0 Å². The molecule has 2 aromatic rings. The van der Waals surface area contributed by atoms with Gasteiger partial charge in [0, 0.05) is 10.8 Å². The van der Waals surface area contributed by atoms with Gasteiger partial charge in [0.25, 0.3) is 0 Å². The normalized spacial score (nSPS) is 11.6. The molecule has 1 heterocycles. The number of halogens is 2. The average molecular weight is 315 g/mol. The molecule has 1 N–H and O–H groups in total. The minimum atomic E-state index is 0.0939. The van der Waals surface area contributed by atoms with E-state index >= 15 is 0 Å². The maximum Gasteiger partial charge on any atom is 0.0982 e. The van der Waals surface area contributed by atoms with Crippen LogP contribution in [0.25, 0.3) is 0 Å². The number of aromatic nitrogens is 1. The predicted octanol–water partition coefficient (Wildman–Crippen LogP) is 5.36. The van der Waals surface area contributed by atoms with Gasteiger partial charge in [-0.2, -0.15) is 0 Å². The fourth-order valence-corrected chi connectivity index (χ4v) is 2.83. The molecule has 0 fully saturated rings. The van der Waals surface area contributed by atoms with Crippen LogP contribution in [0, 0.1) is 0 Å². The van der Waals surface area contributed by atoms with Crippen LogP contribution in [-0.2, 0) is 12.0 Å². The van der Waals surface area contributed by atoms with E-state index in [1.54, 1.807) is 17.4 Å². The molecule has 0 spiro atoms. The van der Waals surface area contributed by atoms with Crippen molar-refractivity contribution in [1.29, 1.82) is 0 Å². The third kappa shape index (κ3) is 3.62. The lowest BCUT2D eigenvalue weighted by Crippen LogP contribution is -2.11. The predicted molar refractivity (Wildman–Crippen MR) is 84.6 cm³/mol. The second-order valence-corrected chi connectivity index (χ2v) is 6.99. The Kier molecular flexibility index (Phi) is 4.39. The molecule has 0 atom stereocenters. The summed E-state index contributed by atoms with van der Waals surface area (Å²) < 4.78 is 0. The summed E-state index contributed by atoms with van der Waals surface area (Å²) >= 11 is 13.8. The van der Waals surface area contributed by atoms with Gasteiger partial charge in [0.1, 0.15) is 0 Å². The van der Waals surface area contributed by atoms with Crippen LogP contribution in [-0.4, -0.2) is 4.98 Å². The van der Waals surface area contributed by atoms with Crippen molar-refractivity contribution in [2.45, 2.75) is 32.7 Å². The van der Waals surface area contributed by atoms with Crippen LogP contribution >= 0.6 is 34.5 Å². The summed E-state index contributed by atoms with van der Waals surface area (Å²) in [5.41, 5.74) is 1.95. The first-order valence-corrected chi connectivity index (χ1v) is 7.64. The van der Waals surface area contributed by atoms with E-state index in [9.17, 15) is 0 Å². The molecule has 0 saturated heterocycles. The van der Waals surface area contributed by atoms with Gasteiger partial charge in [-0.05, 0) is 12.1 Å². The molecular weight excluding hydrogens is 299 g/mol. The fraction of sp³-hybridized carbons (Fsp3) is 0.357. The molecule has 1 aromatic carbocycles. The Labute approximate surface area is 127 Å². The van der Waals surface area contributed by atoms with Gasteiger partial charge in [0.2, 0.25) is 0 Å². The molecule has 2 rings (SSSR count). The minimum Gasteiger partial charge on any atom is -0.378 e. The van der Waals surface area contributed by atoms with E-state index in [1.807, 2.05) is 12.1 Å². The third-order valence-electron chi connectivity index (χ3n) is 2.60. The SMILES string of the molecule is CC(C)(C)c1nc(CNc2cccc(Cl)c2Cl)cs1. The van der Waals surface area contributed by atoms with Crippen LogP contribution in [0.3, 0.4) is 0 Å². The standard InChI is InChI=1S/C14H16Cl2N2S/c1-14(2,3)13-18-9(8-19-13)7-17-11-6-4-5-10(15)12(11)16/h4-6,8,17H,7H2,1-3H3. The Bertz CT molecular complexity index is 573. The second kappa shape index (κ2) is 5.70. The van der Waals surface area contributed by atoms with Gasteiger partial charge in [-0.3, -0.25) is 0 Å². The number of nitrogens with zero attached hydrogens (tertiary/aromatic N) is 1. The number of hydrogen-bond donors (Lipinski definition) is 1. The lowest BCUT2D eigenvalue weighted by atomic mass is 9.98. The van der Waals surface area contributed by atoms with E-state index in [4.69, 9.17) is 23.2 Å². The average Bonchev–Trinajstić information content (AvgIpc) is 2.79. The molecule has 0 aliphatic heterocycles. The van der Waals surface area contributed by atoms with Crippen molar-refractivity contribution in [3.8, 4) is 0 Å². The van der Waals surface area contributed by atoms with E-state index < -0.39 is 0 Å². The Morgan fingerprint density at radius 2 is 2.00 bits per heavy atom. The van der Waals surface area contributed by atoms with Gasteiger partial charge in [-0.15, -0.1) is 11.3 Å². The van der Waals surface area contributed by atoms with Crippen molar-refractivity contribution >= 4 is 40.2 Å². The molecule has 0 bridgehead atoms. The Hall–Kier alpha value is -0.770. The van der Waals surface area contributed by atoms with Gasteiger partial charge in [-0.1, -0.05) is 50.0 Å². The number of nitrogens with one attached hydrogen (secondary N) is 1. The van der Waals surface area contributed by atoms with Crippen LogP contribution in [0.5, 0.6) is 0 Å². The molecule has 2 nitrogen and oxygen atoms in total. The van der Waals surface area contributed by atoms with E-state index in [2.05, 4.69) is 36.5 Å². The molecule has 102 valence electrons. The van der Waals surface area contributed by atoms with E-state index in [0.29, 0.717) is 16.6 Å². The topological polar surface area (TPSA) is 24.9 Å². The largest absolute Gasteiger partial charge is 0.378 e. The molecule has 0 saturated carbocycles. The van der Waals surface area contributed by atoms with E-state index in [-0.39, 0.29) is 5.41 Å². The van der Waals surface area contributed by atoms with Crippen LogP contribution < -0.4 is 5.32 Å². The molecular formula is C14H16Cl2N2S. The van der Waals surface area contributed by atoms with Crippen molar-refractivity contribution < 1.29 is 0 Å². The van der Waals surface area contributed by atoms with E-state index in [0.717, 1.165) is 16.4 Å². The number of hydrogen-bond acceptors (Lipinski definition) is 3. The first-order chi connectivity index (χ1) is 8.88. The summed E-state index contributed by atoms with van der Waals surface area (Å²) in [4.78, 5) is 4.63. The molecule has 0 unspecified atom stereocenters. The summed E-state index contributed by atoms with van der Waals surface area (Å²) in [6, 6.07) is 5.55. The minimum absolute atomic E-state index is 0.0939. The molecule has 19 heavy (non-hydrogen) atoms. The first kappa shape index (κ1) is 14.6. The first-order valence-electron chi connectivity index (χ1n) is 6.00. The van der Waals surface area contributed by atoms with Crippen molar-refractivity contribution in [2.75, 3.05) is 5.32 Å². The van der Waals surface area contributed by atoms with Crippen LogP contribution in [0.15, 0.2) is 23.6 Å². The number of thiazole rings is 1. The maximum atomic E-state index is 6.13. The number of benzene rings is 1. The number of anilines is 1. The highest BCUT2D eigenvalue weighted by atomic mass is 35.5. The molecule has 5 heteroatoms. The molecule has 0 aliphatic rings. The van der Waals surface area contributed by atoms with Gasteiger partial charge in [-0.25, -0.2) is 4.98 Å². The molecule has 0 aliphatic carbocycles. The highest BCUT2D eigenvalue weighted by Crippen LogP contribution is 2.30. The van der Waals surface area contributed by atoms with Gasteiger partial charge in [0.05, 0.1) is 33.0 Å². The zero-order chi connectivity index (χ0) is 14.0. The highest BCUT2D eigenvalue weighted by Gasteiger charge is 2.17. The zero-order valence-electron chi connectivity index (χ0n) is 11.1. The monoisotopic (exact) mass is 314 g/mol. The molecule has 1 aromatic heterocycles. The van der Waals surface area contributed by atoms with Crippen LogP contribution in [0.2, 0.25) is 10.0 Å².